The lowest BCUT2D eigenvalue weighted by Gasteiger charge is -2.02. The molecule has 0 fully saturated rings. The average molecular weight is 272 g/mol. The molecule has 0 atom stereocenters. The van der Waals surface area contributed by atoms with E-state index < -0.39 is 0 Å². The number of allylic oxidation sites excluding steroid dienone is 1. The summed E-state index contributed by atoms with van der Waals surface area (Å²) in [5.74, 6) is -0.355. The van der Waals surface area contributed by atoms with E-state index in [-0.39, 0.29) is 5.97 Å². The van der Waals surface area contributed by atoms with Crippen LogP contribution in [0.3, 0.4) is 0 Å². The van der Waals surface area contributed by atoms with Crippen molar-refractivity contribution >= 4 is 5.97 Å². The summed E-state index contributed by atoms with van der Waals surface area (Å²) in [5.41, 5.74) is 4.49. The quantitative estimate of drug-likeness (QED) is 0.239. The van der Waals surface area contributed by atoms with Gasteiger partial charge in [-0.3, -0.25) is 0 Å². The van der Waals surface area contributed by atoms with Crippen LogP contribution in [0.15, 0.2) is 60.4 Å². The van der Waals surface area contributed by atoms with Gasteiger partial charge in [0.05, 0.1) is 25.4 Å². The van der Waals surface area contributed by atoms with Gasteiger partial charge in [-0.15, -0.1) is 12.3 Å². The highest BCUT2D eigenvalue weighted by atomic mass is 16.5. The monoisotopic (exact) mass is 272 g/mol. The normalized spacial score (nSPS) is 9.45. The third-order valence-corrected chi connectivity index (χ3v) is 2.46. The van der Waals surface area contributed by atoms with Crippen LogP contribution >= 0.6 is 0 Å². The molecule has 3 nitrogen and oxygen atoms in total. The molecule has 0 saturated heterocycles. The number of benzene rings is 1. The molecule has 0 aliphatic rings. The molecule has 1 aromatic rings. The second-order valence-corrected chi connectivity index (χ2v) is 4.04. The van der Waals surface area contributed by atoms with E-state index in [0.29, 0.717) is 31.8 Å². The second-order valence-electron chi connectivity index (χ2n) is 4.04. The Hall–Kier alpha value is -2.09. The maximum atomic E-state index is 11.6. The molecule has 0 saturated carbocycles. The van der Waals surface area contributed by atoms with Crippen molar-refractivity contribution < 1.29 is 14.3 Å². The summed E-state index contributed by atoms with van der Waals surface area (Å²) >= 11 is 0. The van der Waals surface area contributed by atoms with Crippen LogP contribution in [0.4, 0.5) is 0 Å². The topological polar surface area (TPSA) is 35.5 Å². The van der Waals surface area contributed by atoms with Crippen LogP contribution in [0.5, 0.6) is 0 Å². The molecule has 0 radical (unpaired) electrons. The smallest absolute Gasteiger partial charge is 0.342 e. The predicted octanol–water partition coefficient (Wildman–Crippen LogP) is 3.42. The molecular formula is C17H20O3. The zero-order chi connectivity index (χ0) is 14.6. The molecule has 106 valence electrons. The van der Waals surface area contributed by atoms with Gasteiger partial charge >= 0.3 is 5.97 Å². The van der Waals surface area contributed by atoms with Crippen LogP contribution in [0.25, 0.3) is 0 Å². The van der Waals surface area contributed by atoms with Crippen molar-refractivity contribution in [2.24, 2.45) is 0 Å². The molecule has 0 bridgehead atoms. The van der Waals surface area contributed by atoms with E-state index in [0.717, 1.165) is 5.56 Å². The second kappa shape index (κ2) is 9.79. The first-order valence-corrected chi connectivity index (χ1v) is 6.61. The lowest BCUT2D eigenvalue weighted by Crippen LogP contribution is -2.06. The van der Waals surface area contributed by atoms with Crippen molar-refractivity contribution in [3.05, 3.63) is 65.9 Å². The van der Waals surface area contributed by atoms with E-state index in [4.69, 9.17) is 9.47 Å². The summed E-state index contributed by atoms with van der Waals surface area (Å²) in [4.78, 5) is 11.6. The van der Waals surface area contributed by atoms with Crippen LogP contribution in [0, 0.1) is 0 Å². The molecule has 0 aromatic heterocycles. The third kappa shape index (κ3) is 6.19. The highest BCUT2D eigenvalue weighted by Crippen LogP contribution is 2.04. The zero-order valence-corrected chi connectivity index (χ0v) is 11.8. The van der Waals surface area contributed by atoms with Gasteiger partial charge in [0.25, 0.3) is 0 Å². The van der Waals surface area contributed by atoms with Crippen molar-refractivity contribution in [1.29, 1.82) is 0 Å². The van der Waals surface area contributed by atoms with E-state index in [9.17, 15) is 4.79 Å². The minimum absolute atomic E-state index is 0.353. The molecule has 0 aliphatic heterocycles. The Labute approximate surface area is 120 Å². The Kier molecular flexibility index (Phi) is 7.82. The van der Waals surface area contributed by atoms with Crippen LogP contribution in [0.1, 0.15) is 18.9 Å². The van der Waals surface area contributed by atoms with Crippen LogP contribution in [-0.2, 0) is 20.9 Å². The fourth-order valence-electron chi connectivity index (χ4n) is 1.54. The molecule has 1 rings (SSSR count). The minimum Gasteiger partial charge on any atom is -0.462 e. The molecule has 0 heterocycles. The number of rotatable bonds is 8. The first-order chi connectivity index (χ1) is 9.77. The van der Waals surface area contributed by atoms with E-state index in [1.54, 1.807) is 19.1 Å². The lowest BCUT2D eigenvalue weighted by atomic mass is 10.2. The summed E-state index contributed by atoms with van der Waals surface area (Å²) in [6.07, 6.45) is 3.78. The first-order valence-electron chi connectivity index (χ1n) is 6.61. The van der Waals surface area contributed by atoms with E-state index in [1.807, 2.05) is 30.3 Å². The largest absolute Gasteiger partial charge is 0.462 e. The van der Waals surface area contributed by atoms with Crippen molar-refractivity contribution in [3.8, 4) is 0 Å². The van der Waals surface area contributed by atoms with Crippen molar-refractivity contribution in [2.75, 3.05) is 13.2 Å². The molecule has 0 N–H and O–H groups in total. The summed E-state index contributed by atoms with van der Waals surface area (Å²) in [6.45, 7) is 6.67. The van der Waals surface area contributed by atoms with Gasteiger partial charge in [-0.2, -0.15) is 0 Å². The van der Waals surface area contributed by atoms with E-state index in [1.165, 1.54) is 0 Å². The van der Waals surface area contributed by atoms with E-state index in [2.05, 4.69) is 12.3 Å². The van der Waals surface area contributed by atoms with Gasteiger partial charge in [-0.05, 0) is 18.6 Å². The summed E-state index contributed by atoms with van der Waals surface area (Å²) < 4.78 is 10.4. The molecule has 0 unspecified atom stereocenters. The van der Waals surface area contributed by atoms with E-state index >= 15 is 0 Å². The van der Waals surface area contributed by atoms with Crippen molar-refractivity contribution in [1.82, 2.24) is 0 Å². The fraction of sp³-hybridized carbons (Fsp3) is 0.294. The Morgan fingerprint density at radius 1 is 1.35 bits per heavy atom. The highest BCUT2D eigenvalue weighted by molar-refractivity contribution is 5.88. The number of carbonyl (C=O) groups excluding carboxylic acids is 1. The molecular weight excluding hydrogens is 252 g/mol. The minimum atomic E-state index is -0.355. The maximum Gasteiger partial charge on any atom is 0.342 e. The molecule has 20 heavy (non-hydrogen) atoms. The number of carbonyl (C=O) groups is 1. The third-order valence-electron chi connectivity index (χ3n) is 2.46. The first kappa shape index (κ1) is 16.0. The zero-order valence-electron chi connectivity index (χ0n) is 11.8. The Morgan fingerprint density at radius 3 is 2.75 bits per heavy atom. The van der Waals surface area contributed by atoms with Gasteiger partial charge in [-0.1, -0.05) is 36.4 Å². The van der Waals surface area contributed by atoms with Gasteiger partial charge in [0.2, 0.25) is 0 Å². The fourth-order valence-corrected chi connectivity index (χ4v) is 1.54. The molecule has 3 heteroatoms. The van der Waals surface area contributed by atoms with Crippen LogP contribution in [-0.4, -0.2) is 19.2 Å². The summed E-state index contributed by atoms with van der Waals surface area (Å²) in [7, 11) is 0. The molecule has 0 spiro atoms. The highest BCUT2D eigenvalue weighted by Gasteiger charge is 2.06. The van der Waals surface area contributed by atoms with Crippen molar-refractivity contribution in [2.45, 2.75) is 20.0 Å². The van der Waals surface area contributed by atoms with Gasteiger partial charge in [-0.25, -0.2) is 4.79 Å². The van der Waals surface area contributed by atoms with Gasteiger partial charge in [0, 0.05) is 6.42 Å². The maximum absolute atomic E-state index is 11.6. The molecule has 1 aromatic carbocycles. The number of hydrogen-bond acceptors (Lipinski definition) is 3. The van der Waals surface area contributed by atoms with Crippen LogP contribution in [0.2, 0.25) is 0 Å². The number of ether oxygens (including phenoxy) is 2. The molecule has 0 aliphatic carbocycles. The number of esters is 1. The van der Waals surface area contributed by atoms with Crippen molar-refractivity contribution in [3.63, 3.8) is 0 Å². The Bertz CT molecular complexity index is 482. The van der Waals surface area contributed by atoms with Crippen LogP contribution < -0.4 is 0 Å². The average Bonchev–Trinajstić information content (AvgIpc) is 2.47. The standard InChI is InChI=1S/C17H20O3/c1-3-9-16(17(18)20-4-2)12-8-13-19-14-15-10-6-5-7-11-15/h3,5-8,10-11H,1,4,9,13-14H2,2H3. The lowest BCUT2D eigenvalue weighted by molar-refractivity contribution is -0.138. The SMILES string of the molecule is C=CCC(=C=CCOCc1ccccc1)C(=O)OCC. The van der Waals surface area contributed by atoms with Gasteiger partial charge in [0.1, 0.15) is 0 Å². The summed E-state index contributed by atoms with van der Waals surface area (Å²) in [6, 6.07) is 9.91. The van der Waals surface area contributed by atoms with Gasteiger partial charge < -0.3 is 9.47 Å². The molecule has 0 amide bonds. The Balaban J connectivity index is 2.48. The Morgan fingerprint density at radius 2 is 2.10 bits per heavy atom. The summed E-state index contributed by atoms with van der Waals surface area (Å²) in [5, 5.41) is 0. The van der Waals surface area contributed by atoms with Gasteiger partial charge in [0.15, 0.2) is 0 Å². The predicted molar refractivity (Wildman–Crippen MR) is 79.1 cm³/mol. The number of hydrogen-bond donors (Lipinski definition) is 0.